The van der Waals surface area contributed by atoms with Crippen LogP contribution in [0, 0.1) is 0 Å². The van der Waals surface area contributed by atoms with Crippen molar-refractivity contribution in [2.24, 2.45) is 0 Å². The summed E-state index contributed by atoms with van der Waals surface area (Å²) in [5, 5.41) is 14.8. The predicted octanol–water partition coefficient (Wildman–Crippen LogP) is 5.05. The summed E-state index contributed by atoms with van der Waals surface area (Å²) in [5.41, 5.74) is 1.11. The maximum atomic E-state index is 12.8. The van der Waals surface area contributed by atoms with E-state index in [0.717, 1.165) is 0 Å². The Balaban J connectivity index is 1.86. The fourth-order valence-electron chi connectivity index (χ4n) is 3.51. The molecule has 0 aliphatic heterocycles. The zero-order valence-corrected chi connectivity index (χ0v) is 17.9. The molecule has 0 unspecified atom stereocenters. The SMILES string of the molecule is CCn1c(Cn2ccc(-c3ccco3)n2)cc(=O)c(C(=O)O)c1-c1ccc(Cl)c(Cl)c1. The first-order valence-corrected chi connectivity index (χ1v) is 10.2. The molecule has 0 saturated heterocycles. The average Bonchev–Trinajstić information content (AvgIpc) is 3.41. The van der Waals surface area contributed by atoms with Crippen molar-refractivity contribution in [3.8, 4) is 22.7 Å². The number of halogens is 2. The second-order valence-electron chi connectivity index (χ2n) is 6.78. The van der Waals surface area contributed by atoms with E-state index in [1.54, 1.807) is 58.1 Å². The van der Waals surface area contributed by atoms with Gasteiger partial charge in [-0.2, -0.15) is 5.10 Å². The lowest BCUT2D eigenvalue weighted by atomic mass is 10.0. The summed E-state index contributed by atoms with van der Waals surface area (Å²) in [7, 11) is 0. The van der Waals surface area contributed by atoms with Crippen molar-refractivity contribution in [3.05, 3.63) is 86.5 Å². The fraction of sp³-hybridized carbons (Fsp3) is 0.136. The van der Waals surface area contributed by atoms with E-state index >= 15 is 0 Å². The normalized spacial score (nSPS) is 11.1. The van der Waals surface area contributed by atoms with E-state index in [-0.39, 0.29) is 22.8 Å². The first-order valence-electron chi connectivity index (χ1n) is 9.41. The van der Waals surface area contributed by atoms with E-state index < -0.39 is 11.4 Å². The molecule has 0 aliphatic rings. The molecule has 0 spiro atoms. The van der Waals surface area contributed by atoms with Gasteiger partial charge >= 0.3 is 5.97 Å². The third-order valence-electron chi connectivity index (χ3n) is 4.86. The second kappa shape index (κ2) is 8.45. The highest BCUT2D eigenvalue weighted by atomic mass is 35.5. The number of hydrogen-bond donors (Lipinski definition) is 1. The van der Waals surface area contributed by atoms with Crippen LogP contribution in [-0.2, 0) is 13.1 Å². The second-order valence-corrected chi connectivity index (χ2v) is 7.59. The summed E-state index contributed by atoms with van der Waals surface area (Å²) in [4.78, 5) is 24.7. The van der Waals surface area contributed by atoms with Crippen LogP contribution in [0.15, 0.2) is 64.1 Å². The zero-order chi connectivity index (χ0) is 22.1. The minimum Gasteiger partial charge on any atom is -0.477 e. The molecule has 9 heteroatoms. The molecule has 158 valence electrons. The predicted molar refractivity (Wildman–Crippen MR) is 118 cm³/mol. The zero-order valence-electron chi connectivity index (χ0n) is 16.4. The Hall–Kier alpha value is -3.29. The molecular weight excluding hydrogens is 441 g/mol. The van der Waals surface area contributed by atoms with Crippen LogP contribution >= 0.6 is 23.2 Å². The van der Waals surface area contributed by atoms with Gasteiger partial charge in [-0.15, -0.1) is 0 Å². The van der Waals surface area contributed by atoms with Gasteiger partial charge in [-0.05, 0) is 37.3 Å². The van der Waals surface area contributed by atoms with Crippen LogP contribution in [-0.4, -0.2) is 25.4 Å². The molecule has 0 atom stereocenters. The Labute approximate surface area is 187 Å². The lowest BCUT2D eigenvalue weighted by Gasteiger charge is -2.20. The van der Waals surface area contributed by atoms with Crippen molar-refractivity contribution in [2.75, 3.05) is 0 Å². The maximum Gasteiger partial charge on any atom is 0.341 e. The minimum absolute atomic E-state index is 0.262. The number of rotatable bonds is 6. The average molecular weight is 458 g/mol. The number of benzene rings is 1. The summed E-state index contributed by atoms with van der Waals surface area (Å²) in [6.45, 7) is 2.56. The molecule has 7 nitrogen and oxygen atoms in total. The summed E-state index contributed by atoms with van der Waals surface area (Å²) >= 11 is 12.2. The van der Waals surface area contributed by atoms with Crippen molar-refractivity contribution in [1.29, 1.82) is 0 Å². The van der Waals surface area contributed by atoms with Gasteiger partial charge in [0.15, 0.2) is 11.2 Å². The Morgan fingerprint density at radius 3 is 2.61 bits per heavy atom. The number of pyridine rings is 1. The number of aromatic carboxylic acids is 1. The van der Waals surface area contributed by atoms with E-state index in [0.29, 0.717) is 34.3 Å². The van der Waals surface area contributed by atoms with E-state index in [2.05, 4.69) is 5.10 Å². The Kier molecular flexibility index (Phi) is 5.71. The molecule has 3 heterocycles. The first-order chi connectivity index (χ1) is 14.9. The highest BCUT2D eigenvalue weighted by Gasteiger charge is 2.22. The van der Waals surface area contributed by atoms with Crippen molar-refractivity contribution in [1.82, 2.24) is 14.3 Å². The summed E-state index contributed by atoms with van der Waals surface area (Å²) in [5.74, 6) is -0.677. The lowest BCUT2D eigenvalue weighted by molar-refractivity contribution is 0.0695. The van der Waals surface area contributed by atoms with Crippen molar-refractivity contribution >= 4 is 29.2 Å². The smallest absolute Gasteiger partial charge is 0.341 e. The molecule has 1 N–H and O–H groups in total. The summed E-state index contributed by atoms with van der Waals surface area (Å²) in [6.07, 6.45) is 3.34. The number of carbonyl (C=O) groups is 1. The molecule has 0 radical (unpaired) electrons. The molecule has 0 saturated carbocycles. The third-order valence-corrected chi connectivity index (χ3v) is 5.60. The van der Waals surface area contributed by atoms with Gasteiger partial charge in [-0.25, -0.2) is 4.79 Å². The van der Waals surface area contributed by atoms with E-state index in [9.17, 15) is 14.7 Å². The number of furan rings is 1. The van der Waals surface area contributed by atoms with E-state index in [1.807, 2.05) is 6.92 Å². The fourth-order valence-corrected chi connectivity index (χ4v) is 3.81. The lowest BCUT2D eigenvalue weighted by Crippen LogP contribution is -2.24. The van der Waals surface area contributed by atoms with Crippen LogP contribution in [0.1, 0.15) is 23.0 Å². The molecule has 3 aromatic heterocycles. The van der Waals surface area contributed by atoms with Gasteiger partial charge in [-0.1, -0.05) is 29.3 Å². The summed E-state index contributed by atoms with van der Waals surface area (Å²) < 4.78 is 8.81. The van der Waals surface area contributed by atoms with Gasteiger partial charge in [0.05, 0.1) is 28.5 Å². The van der Waals surface area contributed by atoms with Crippen molar-refractivity contribution in [3.63, 3.8) is 0 Å². The Morgan fingerprint density at radius 1 is 1.16 bits per heavy atom. The van der Waals surface area contributed by atoms with Crippen molar-refractivity contribution < 1.29 is 14.3 Å². The molecule has 1 aromatic carbocycles. The minimum atomic E-state index is -1.31. The quantitative estimate of drug-likeness (QED) is 0.437. The van der Waals surface area contributed by atoms with Crippen molar-refractivity contribution in [2.45, 2.75) is 20.0 Å². The van der Waals surface area contributed by atoms with E-state index in [4.69, 9.17) is 27.6 Å². The number of hydrogen-bond acceptors (Lipinski definition) is 4. The van der Waals surface area contributed by atoms with Crippen LogP contribution in [0.4, 0.5) is 0 Å². The van der Waals surface area contributed by atoms with Gasteiger partial charge in [0.25, 0.3) is 0 Å². The van der Waals surface area contributed by atoms with Crippen LogP contribution in [0.3, 0.4) is 0 Å². The maximum absolute atomic E-state index is 12.8. The Bertz CT molecular complexity index is 1320. The van der Waals surface area contributed by atoms with Gasteiger partial charge < -0.3 is 14.1 Å². The van der Waals surface area contributed by atoms with Crippen LogP contribution < -0.4 is 5.43 Å². The molecular formula is C22H17Cl2N3O4. The highest BCUT2D eigenvalue weighted by molar-refractivity contribution is 6.42. The van der Waals surface area contributed by atoms with Crippen LogP contribution in [0.5, 0.6) is 0 Å². The first kappa shape index (κ1) is 21.0. The molecule has 0 amide bonds. The number of nitrogens with zero attached hydrogens (tertiary/aromatic N) is 3. The molecule has 4 aromatic rings. The molecule has 0 fully saturated rings. The molecule has 0 bridgehead atoms. The standard InChI is InChI=1S/C22H17Cl2N3O4/c1-2-27-14(12-26-8-7-17(25-26)19-4-3-9-31-19)11-18(28)20(22(29)30)21(27)13-5-6-15(23)16(24)10-13/h3-11H,2,12H2,1H3,(H,29,30). The molecule has 4 rings (SSSR count). The number of carboxylic acid groups (broad SMARTS) is 1. The van der Waals surface area contributed by atoms with E-state index in [1.165, 1.54) is 6.07 Å². The van der Waals surface area contributed by atoms with Gasteiger partial charge in [-0.3, -0.25) is 9.48 Å². The van der Waals surface area contributed by atoms with Crippen LogP contribution in [0.2, 0.25) is 10.0 Å². The molecule has 31 heavy (non-hydrogen) atoms. The molecule has 0 aliphatic carbocycles. The Morgan fingerprint density at radius 2 is 1.97 bits per heavy atom. The number of aromatic nitrogens is 3. The highest BCUT2D eigenvalue weighted by Crippen LogP contribution is 2.30. The van der Waals surface area contributed by atoms with Gasteiger partial charge in [0, 0.05) is 30.1 Å². The van der Waals surface area contributed by atoms with Gasteiger partial charge in [0.2, 0.25) is 0 Å². The topological polar surface area (TPSA) is 90.3 Å². The third kappa shape index (κ3) is 4.02. The number of carboxylic acids is 1. The van der Waals surface area contributed by atoms with Crippen LogP contribution in [0.25, 0.3) is 22.7 Å². The summed E-state index contributed by atoms with van der Waals surface area (Å²) in [6, 6.07) is 11.5. The largest absolute Gasteiger partial charge is 0.477 e. The monoisotopic (exact) mass is 457 g/mol. The van der Waals surface area contributed by atoms with Gasteiger partial charge in [0.1, 0.15) is 11.3 Å².